The SMILES string of the molecule is CC(NC(=O)c1nn(C2CCCC2)c2c1CCCCCC2)C12CC3CC(CC(C3)C1)C2.CC(NC(=O)c1nn(C2CCCCC2)c2c1CCCCCC2)C12CC3CC(CC(C3)C1)C2.CC12CCC(C1)C(C)(C)C2NC(=O)c1nn(C2CCC2)c2c1CCCCCC2.CC12CCC(C1)C(C)(C)C2NC(=O)c1nn(C2CCCC2)c2c1CCCCCC2. The lowest BCUT2D eigenvalue weighted by molar-refractivity contribution is -0.0688. The number of nitrogens with zero attached hydrogens (tertiary/aromatic N) is 8. The molecule has 24 rings (SSSR count). The Kier molecular flexibility index (Phi) is 24.2. The smallest absolute Gasteiger partial charge is 0.272 e. The van der Waals surface area contributed by atoms with Crippen LogP contribution >= 0.6 is 0 Å². The van der Waals surface area contributed by atoms with Crippen LogP contribution in [0.1, 0.15) is 488 Å². The van der Waals surface area contributed by atoms with Gasteiger partial charge in [0.15, 0.2) is 22.8 Å². The van der Waals surface area contributed by atoms with Crippen molar-refractivity contribution in [2.45, 2.75) is 476 Å². The molecule has 8 atom stereocenters. The quantitative estimate of drug-likeness (QED) is 0.0960. The number of carbonyl (C=O) groups excluding carboxylic acids is 4. The number of rotatable bonds is 14. The van der Waals surface area contributed by atoms with Gasteiger partial charge in [0.1, 0.15) is 0 Å². The van der Waals surface area contributed by atoms with E-state index in [-0.39, 0.29) is 69.5 Å². The zero-order valence-electron chi connectivity index (χ0n) is 76.5. The zero-order valence-corrected chi connectivity index (χ0v) is 76.5. The predicted molar refractivity (Wildman–Crippen MR) is 478 cm³/mol. The van der Waals surface area contributed by atoms with Crippen molar-refractivity contribution >= 4 is 23.6 Å². The van der Waals surface area contributed by atoms with Gasteiger partial charge in [-0.15, -0.1) is 0 Å². The summed E-state index contributed by atoms with van der Waals surface area (Å²) in [6.45, 7) is 18.9. The van der Waals surface area contributed by atoms with Crippen LogP contribution in [0.15, 0.2) is 0 Å². The molecule has 4 aromatic heterocycles. The van der Waals surface area contributed by atoms with E-state index in [2.05, 4.69) is 95.4 Å². The summed E-state index contributed by atoms with van der Waals surface area (Å²) in [7, 11) is 0. The second kappa shape index (κ2) is 34.5. The average Bonchev–Trinajstić information content (AvgIpc) is 1.53. The van der Waals surface area contributed by atoms with Crippen molar-refractivity contribution in [1.82, 2.24) is 60.4 Å². The maximum absolute atomic E-state index is 13.7. The second-order valence-corrected chi connectivity index (χ2v) is 46.9. The number of hydrogen-bond donors (Lipinski definition) is 4. The van der Waals surface area contributed by atoms with Gasteiger partial charge >= 0.3 is 0 Å². The van der Waals surface area contributed by atoms with Gasteiger partial charge in [-0.05, 0) is 370 Å². The molecule has 20 aliphatic carbocycles. The van der Waals surface area contributed by atoms with E-state index < -0.39 is 0 Å². The van der Waals surface area contributed by atoms with Gasteiger partial charge in [-0.2, -0.15) is 20.4 Å². The number of fused-ring (bicyclic) bond motifs is 8. The third-order valence-electron chi connectivity index (χ3n) is 38.2. The highest BCUT2D eigenvalue weighted by atomic mass is 16.2. The van der Waals surface area contributed by atoms with Crippen molar-refractivity contribution in [3.05, 3.63) is 67.8 Å². The van der Waals surface area contributed by atoms with E-state index in [0.717, 1.165) is 121 Å². The summed E-state index contributed by atoms with van der Waals surface area (Å²) in [6.07, 6.45) is 73.5. The van der Waals surface area contributed by atoms with Crippen LogP contribution in [0.25, 0.3) is 0 Å². The number of carbonyl (C=O) groups is 4. The Bertz CT molecular complexity index is 4250. The van der Waals surface area contributed by atoms with E-state index in [0.29, 0.717) is 35.0 Å². The van der Waals surface area contributed by atoms with E-state index in [1.807, 2.05) is 0 Å². The molecule has 12 bridgehead atoms. The molecule has 4 aromatic rings. The number of aromatic nitrogens is 8. The third kappa shape index (κ3) is 16.2. The maximum Gasteiger partial charge on any atom is 0.272 e. The van der Waals surface area contributed by atoms with Crippen LogP contribution in [0, 0.1) is 79.8 Å². The van der Waals surface area contributed by atoms with Gasteiger partial charge in [0.2, 0.25) is 0 Å². The Hall–Kier alpha value is -5.28. The number of nitrogens with one attached hydrogen (secondary N) is 4. The fourth-order valence-electron chi connectivity index (χ4n) is 32.1. The summed E-state index contributed by atoms with van der Waals surface area (Å²) >= 11 is 0. The normalized spacial score (nSPS) is 35.1. The summed E-state index contributed by atoms with van der Waals surface area (Å²) in [5.41, 5.74) is 15.4. The van der Waals surface area contributed by atoms with Crippen molar-refractivity contribution in [3.63, 3.8) is 0 Å². The third-order valence-corrected chi connectivity index (χ3v) is 38.2. The van der Waals surface area contributed by atoms with Crippen LogP contribution in [-0.2, 0) is 51.4 Å². The molecule has 16 saturated carbocycles. The Morgan fingerprint density at radius 2 is 0.542 bits per heavy atom. The van der Waals surface area contributed by atoms with Crippen LogP contribution < -0.4 is 21.3 Å². The number of hydrogen-bond acceptors (Lipinski definition) is 8. The van der Waals surface area contributed by atoms with E-state index in [1.165, 1.54) is 366 Å². The average molecular weight is 1640 g/mol. The van der Waals surface area contributed by atoms with Crippen LogP contribution in [0.2, 0.25) is 0 Å². The summed E-state index contributed by atoms with van der Waals surface area (Å²) in [4.78, 5) is 54.5. The molecule has 16 nitrogen and oxygen atoms in total. The molecule has 0 aliphatic heterocycles. The molecule has 8 unspecified atom stereocenters. The van der Waals surface area contributed by atoms with E-state index in [9.17, 15) is 19.2 Å². The highest BCUT2D eigenvalue weighted by Crippen LogP contribution is 2.66. The van der Waals surface area contributed by atoms with Crippen molar-refractivity contribution in [1.29, 1.82) is 0 Å². The van der Waals surface area contributed by atoms with Crippen LogP contribution in [0.5, 0.6) is 0 Å². The van der Waals surface area contributed by atoms with E-state index in [4.69, 9.17) is 20.4 Å². The molecular formula is C104H160N12O4. The first-order chi connectivity index (χ1) is 58.0. The standard InChI is InChI=1S/C28H43N3O.C27H41N3O.C25H39N3O.C24H37N3O/c1-19(28-16-20-13-21(17-28)15-22(14-20)18-28)29-27(32)26-24-11-7-2-3-8-12-25(24)31(30-26)23-9-5-4-6-10-23;1-18(27-15-19-12-20(16-27)14-21(13-19)17-27)28-26(31)25-23-10-4-2-3-5-11-24(23)30(29-25)22-8-6-7-9-22;1-24(2)17-14-15-25(3,16-17)23(24)26-22(29)21-19-12-6-4-5-7-13-20(19)28(27-21)18-10-8-9-11-18;1-23(2)16-13-14-24(3,15-16)22(23)25-21(28)20-18-11-6-4-5-7-12-19(18)27(26-20)17-9-8-10-17/h19-23H,2-18H2,1H3,(H,29,32);18-22H,2-17H2,1H3,(H,28,31);17-18,23H,4-16H2,1-3H3,(H,26,29);16-17,22H,4-15H2,1-3H3,(H,25,28). The molecule has 0 spiro atoms. The van der Waals surface area contributed by atoms with Crippen molar-refractivity contribution < 1.29 is 19.2 Å². The molecule has 16 fully saturated rings. The molecule has 16 heteroatoms. The highest BCUT2D eigenvalue weighted by Gasteiger charge is 2.62. The maximum atomic E-state index is 13.7. The monoisotopic (exact) mass is 1640 g/mol. The predicted octanol–water partition coefficient (Wildman–Crippen LogP) is 23.2. The molecule has 0 aromatic carbocycles. The van der Waals surface area contributed by atoms with Crippen molar-refractivity contribution in [3.8, 4) is 0 Å². The van der Waals surface area contributed by atoms with Gasteiger partial charge in [0, 0.05) is 69.2 Å². The molecule has 4 N–H and O–H groups in total. The van der Waals surface area contributed by atoms with Gasteiger partial charge in [-0.3, -0.25) is 37.9 Å². The lowest BCUT2D eigenvalue weighted by atomic mass is 9.48. The molecule has 120 heavy (non-hydrogen) atoms. The highest BCUT2D eigenvalue weighted by molar-refractivity contribution is 5.96. The van der Waals surface area contributed by atoms with E-state index >= 15 is 0 Å². The zero-order chi connectivity index (χ0) is 82.5. The Morgan fingerprint density at radius 1 is 0.300 bits per heavy atom. The van der Waals surface area contributed by atoms with Gasteiger partial charge < -0.3 is 21.3 Å². The molecular weight excluding hydrogens is 1480 g/mol. The first-order valence-corrected chi connectivity index (χ1v) is 51.7. The lowest BCUT2D eigenvalue weighted by Crippen LogP contribution is -2.55. The topological polar surface area (TPSA) is 188 Å². The Labute approximate surface area is 722 Å². The molecule has 0 saturated heterocycles. The molecule has 4 heterocycles. The van der Waals surface area contributed by atoms with E-state index in [1.54, 1.807) is 0 Å². The van der Waals surface area contributed by atoms with Gasteiger partial charge in [0.25, 0.3) is 23.6 Å². The molecule has 20 aliphatic rings. The minimum Gasteiger partial charge on any atom is -0.348 e. The number of amides is 4. The fraction of sp³-hybridized carbons (Fsp3) is 0.846. The van der Waals surface area contributed by atoms with Crippen molar-refractivity contribution in [2.75, 3.05) is 0 Å². The van der Waals surface area contributed by atoms with Crippen LogP contribution in [0.4, 0.5) is 0 Å². The first-order valence-electron chi connectivity index (χ1n) is 51.7. The molecule has 0 radical (unpaired) electrons. The summed E-state index contributed by atoms with van der Waals surface area (Å²) in [5, 5.41) is 34.3. The Balaban J connectivity index is 0.000000106. The summed E-state index contributed by atoms with van der Waals surface area (Å²) < 4.78 is 9.23. The van der Waals surface area contributed by atoms with Gasteiger partial charge in [-0.1, -0.05) is 138 Å². The lowest BCUT2D eigenvalue weighted by Gasteiger charge is -2.59. The summed E-state index contributed by atoms with van der Waals surface area (Å²) in [5.74, 6) is 7.48. The first kappa shape index (κ1) is 84.2. The second-order valence-electron chi connectivity index (χ2n) is 46.9. The van der Waals surface area contributed by atoms with Crippen molar-refractivity contribution in [2.24, 2.45) is 79.8 Å². The van der Waals surface area contributed by atoms with Crippen LogP contribution in [0.3, 0.4) is 0 Å². The minimum absolute atomic E-state index is 0.0988. The fourth-order valence-corrected chi connectivity index (χ4v) is 32.1. The van der Waals surface area contributed by atoms with Gasteiger partial charge in [-0.25, -0.2) is 0 Å². The largest absolute Gasteiger partial charge is 0.348 e. The minimum atomic E-state index is 0.0988. The van der Waals surface area contributed by atoms with Crippen LogP contribution in [-0.4, -0.2) is 86.9 Å². The Morgan fingerprint density at radius 3 is 0.792 bits per heavy atom. The van der Waals surface area contributed by atoms with Gasteiger partial charge in [0.05, 0.1) is 24.2 Å². The molecule has 660 valence electrons. The summed E-state index contributed by atoms with van der Waals surface area (Å²) in [6, 6.07) is 3.16. The molecule has 4 amide bonds.